The first-order valence-electron chi connectivity index (χ1n) is 8.16. The van der Waals surface area contributed by atoms with E-state index in [1.54, 1.807) is 7.11 Å². The van der Waals surface area contributed by atoms with Crippen molar-refractivity contribution >= 4 is 45.9 Å². The van der Waals surface area contributed by atoms with Crippen LogP contribution in [0.1, 0.15) is 30.2 Å². The van der Waals surface area contributed by atoms with Crippen LogP contribution in [0.15, 0.2) is 33.7 Å². The summed E-state index contributed by atoms with van der Waals surface area (Å²) in [6.07, 6.45) is 0. The predicted molar refractivity (Wildman–Crippen MR) is 118 cm³/mol. The summed E-state index contributed by atoms with van der Waals surface area (Å²) in [5.74, 6) is 2.40. The van der Waals surface area contributed by atoms with E-state index in [0.717, 1.165) is 16.1 Å². The lowest BCUT2D eigenvalue weighted by Gasteiger charge is -2.19. The minimum absolute atomic E-state index is 0. The van der Waals surface area contributed by atoms with Gasteiger partial charge in [0.1, 0.15) is 12.4 Å². The van der Waals surface area contributed by atoms with Gasteiger partial charge in [0, 0.05) is 25.2 Å². The number of aromatic nitrogens is 3. The number of ether oxygens (including phenoxy) is 1. The maximum absolute atomic E-state index is 5.11. The van der Waals surface area contributed by atoms with Crippen molar-refractivity contribution in [2.75, 3.05) is 20.3 Å². The van der Waals surface area contributed by atoms with Gasteiger partial charge in [-0.05, 0) is 25.5 Å². The van der Waals surface area contributed by atoms with E-state index in [0.29, 0.717) is 25.7 Å². The minimum Gasteiger partial charge on any atom is -0.383 e. The molecule has 0 saturated heterocycles. The van der Waals surface area contributed by atoms with Crippen molar-refractivity contribution in [1.29, 1.82) is 0 Å². The second-order valence-corrected chi connectivity index (χ2v) is 6.55. The quantitative estimate of drug-likeness (QED) is 0.246. The molecule has 2 N–H and O–H groups in total. The molecule has 1 unspecified atom stereocenters. The number of hydrogen-bond donors (Lipinski definition) is 2. The smallest absolute Gasteiger partial charge is 0.192 e. The molecule has 0 radical (unpaired) electrons. The lowest BCUT2D eigenvalue weighted by molar-refractivity contribution is 0.203. The van der Waals surface area contributed by atoms with Crippen LogP contribution in [0.5, 0.6) is 0 Å². The topological polar surface area (TPSA) is 76.4 Å². The minimum atomic E-state index is 0. The zero-order valence-electron chi connectivity index (χ0n) is 15.5. The van der Waals surface area contributed by atoms with Gasteiger partial charge in [-0.25, -0.2) is 4.99 Å². The molecule has 0 spiro atoms. The first-order valence-corrected chi connectivity index (χ1v) is 8.95. The Bertz CT molecular complexity index is 721. The number of halogens is 2. The van der Waals surface area contributed by atoms with Gasteiger partial charge in [-0.15, -0.1) is 34.2 Å². The molecule has 1 atom stereocenters. The number of nitrogens with zero attached hydrogens (tertiary/aromatic N) is 4. The van der Waals surface area contributed by atoms with Crippen LogP contribution >= 0.6 is 39.9 Å². The largest absolute Gasteiger partial charge is 0.383 e. The predicted octanol–water partition coefficient (Wildman–Crippen LogP) is 2.95. The van der Waals surface area contributed by atoms with Crippen LogP contribution in [0.3, 0.4) is 0 Å². The standard InChI is InChI=1S/C17H25BrN6O.HI/c1-12(14-7-5-6-8-15(14)18)21-17(19-9-10-25-4)20-11-16-23-22-13(2)24(16)3;/h5-8,12H,9-11H2,1-4H3,(H2,19,20,21);1H. The molecule has 0 fully saturated rings. The highest BCUT2D eigenvalue weighted by molar-refractivity contribution is 14.0. The van der Waals surface area contributed by atoms with Crippen LogP contribution in [0.25, 0.3) is 0 Å². The molecule has 1 aromatic carbocycles. The Morgan fingerprint density at radius 2 is 2.08 bits per heavy atom. The molecule has 1 aromatic heterocycles. The Morgan fingerprint density at radius 3 is 2.69 bits per heavy atom. The summed E-state index contributed by atoms with van der Waals surface area (Å²) in [5.41, 5.74) is 1.17. The van der Waals surface area contributed by atoms with Crippen molar-refractivity contribution < 1.29 is 4.74 Å². The molecule has 0 saturated carbocycles. The summed E-state index contributed by atoms with van der Waals surface area (Å²) in [7, 11) is 3.62. The lowest BCUT2D eigenvalue weighted by atomic mass is 10.1. The summed E-state index contributed by atoms with van der Waals surface area (Å²) in [4.78, 5) is 4.64. The second-order valence-electron chi connectivity index (χ2n) is 5.69. The van der Waals surface area contributed by atoms with Gasteiger partial charge >= 0.3 is 0 Å². The van der Waals surface area contributed by atoms with E-state index in [2.05, 4.69) is 54.7 Å². The van der Waals surface area contributed by atoms with Crippen LogP contribution in [-0.2, 0) is 18.3 Å². The van der Waals surface area contributed by atoms with Gasteiger partial charge in [0.2, 0.25) is 0 Å². The zero-order valence-corrected chi connectivity index (χ0v) is 19.4. The maximum atomic E-state index is 5.11. The van der Waals surface area contributed by atoms with Crippen molar-refractivity contribution in [3.05, 3.63) is 46.0 Å². The van der Waals surface area contributed by atoms with E-state index in [9.17, 15) is 0 Å². The first kappa shape index (κ1) is 22.8. The number of rotatable bonds is 7. The molecule has 2 aromatic rings. The molecule has 0 amide bonds. The Morgan fingerprint density at radius 1 is 1.35 bits per heavy atom. The Kier molecular flexibility index (Phi) is 10.1. The highest BCUT2D eigenvalue weighted by Gasteiger charge is 2.11. The monoisotopic (exact) mass is 536 g/mol. The highest BCUT2D eigenvalue weighted by Crippen LogP contribution is 2.22. The molecular weight excluding hydrogens is 511 g/mol. The molecule has 7 nitrogen and oxygen atoms in total. The molecule has 0 aliphatic carbocycles. The van der Waals surface area contributed by atoms with Crippen LogP contribution < -0.4 is 10.6 Å². The fourth-order valence-corrected chi connectivity index (χ4v) is 2.90. The summed E-state index contributed by atoms with van der Waals surface area (Å²) < 4.78 is 8.11. The molecule has 0 bridgehead atoms. The van der Waals surface area contributed by atoms with Crippen molar-refractivity contribution in [2.24, 2.45) is 12.0 Å². The number of aryl methyl sites for hydroxylation is 1. The van der Waals surface area contributed by atoms with Gasteiger partial charge in [0.15, 0.2) is 11.8 Å². The Labute approximate surface area is 180 Å². The normalized spacial score (nSPS) is 12.4. The number of methoxy groups -OCH3 is 1. The number of hydrogen-bond acceptors (Lipinski definition) is 4. The molecule has 26 heavy (non-hydrogen) atoms. The van der Waals surface area contributed by atoms with Gasteiger partial charge in [0.05, 0.1) is 12.6 Å². The highest BCUT2D eigenvalue weighted by atomic mass is 127. The molecule has 2 rings (SSSR count). The van der Waals surface area contributed by atoms with E-state index < -0.39 is 0 Å². The number of benzene rings is 1. The maximum Gasteiger partial charge on any atom is 0.192 e. The van der Waals surface area contributed by atoms with Crippen LogP contribution in [-0.4, -0.2) is 41.0 Å². The van der Waals surface area contributed by atoms with Crippen molar-refractivity contribution in [3.8, 4) is 0 Å². The summed E-state index contributed by atoms with van der Waals surface area (Å²) in [5, 5.41) is 14.9. The molecule has 9 heteroatoms. The van der Waals surface area contributed by atoms with Crippen molar-refractivity contribution in [2.45, 2.75) is 26.4 Å². The van der Waals surface area contributed by atoms with Crippen LogP contribution in [0.4, 0.5) is 0 Å². The zero-order chi connectivity index (χ0) is 18.2. The van der Waals surface area contributed by atoms with Crippen molar-refractivity contribution in [1.82, 2.24) is 25.4 Å². The third kappa shape index (κ3) is 6.51. The molecule has 1 heterocycles. The van der Waals surface area contributed by atoms with Gasteiger partial charge in [0.25, 0.3) is 0 Å². The third-order valence-corrected chi connectivity index (χ3v) is 4.61. The third-order valence-electron chi connectivity index (χ3n) is 3.88. The Hall–Kier alpha value is -1.20. The average Bonchev–Trinajstić information content (AvgIpc) is 2.92. The van der Waals surface area contributed by atoms with E-state index in [4.69, 9.17) is 4.74 Å². The number of guanidine groups is 1. The fourth-order valence-electron chi connectivity index (χ4n) is 2.27. The van der Waals surface area contributed by atoms with Gasteiger partial charge in [-0.2, -0.15) is 0 Å². The summed E-state index contributed by atoms with van der Waals surface area (Å²) in [6, 6.07) is 8.23. The average molecular weight is 537 g/mol. The van der Waals surface area contributed by atoms with Crippen LogP contribution in [0.2, 0.25) is 0 Å². The van der Waals surface area contributed by atoms with E-state index in [-0.39, 0.29) is 30.0 Å². The van der Waals surface area contributed by atoms with Gasteiger partial charge < -0.3 is 19.9 Å². The summed E-state index contributed by atoms with van der Waals surface area (Å²) in [6.45, 7) is 5.74. The SMILES string of the molecule is COCCNC(=NCc1nnc(C)n1C)NC(C)c1ccccc1Br.I. The van der Waals surface area contributed by atoms with Gasteiger partial charge in [-0.3, -0.25) is 0 Å². The molecular formula is C17H26BrIN6O. The molecule has 0 aliphatic heterocycles. The number of aliphatic imine (C=N–C) groups is 1. The summed E-state index contributed by atoms with van der Waals surface area (Å²) >= 11 is 3.60. The Balaban J connectivity index is 0.00000338. The fraction of sp³-hybridized carbons (Fsp3) is 0.471. The molecule has 0 aliphatic rings. The van der Waals surface area contributed by atoms with Crippen molar-refractivity contribution in [3.63, 3.8) is 0 Å². The lowest BCUT2D eigenvalue weighted by Crippen LogP contribution is -2.40. The van der Waals surface area contributed by atoms with E-state index in [1.165, 1.54) is 5.56 Å². The molecule has 144 valence electrons. The van der Waals surface area contributed by atoms with E-state index in [1.807, 2.05) is 36.7 Å². The first-order chi connectivity index (χ1) is 12.0. The van der Waals surface area contributed by atoms with E-state index >= 15 is 0 Å². The second kappa shape index (κ2) is 11.5. The number of nitrogens with one attached hydrogen (secondary N) is 2. The van der Waals surface area contributed by atoms with Gasteiger partial charge in [-0.1, -0.05) is 34.1 Å². The van der Waals surface area contributed by atoms with Crippen LogP contribution in [0, 0.1) is 6.92 Å².